The second kappa shape index (κ2) is 6.71. The summed E-state index contributed by atoms with van der Waals surface area (Å²) in [5, 5.41) is 0. The van der Waals surface area contributed by atoms with Crippen molar-refractivity contribution in [2.75, 3.05) is 26.2 Å². The first-order valence-corrected chi connectivity index (χ1v) is 7.62. The van der Waals surface area contributed by atoms with Crippen LogP contribution in [0.2, 0.25) is 0 Å². The number of hydrogen-bond acceptors (Lipinski definition) is 2. The second-order valence-corrected chi connectivity index (χ2v) is 5.98. The second-order valence-electron chi connectivity index (χ2n) is 5.98. The molecule has 0 N–H and O–H groups in total. The molecule has 124 valence electrons. The van der Waals surface area contributed by atoms with Crippen molar-refractivity contribution in [2.45, 2.75) is 38.8 Å². The number of rotatable bonds is 2. The first-order chi connectivity index (χ1) is 10.3. The van der Waals surface area contributed by atoms with E-state index >= 15 is 0 Å². The fourth-order valence-electron chi connectivity index (χ4n) is 3.09. The van der Waals surface area contributed by atoms with Gasteiger partial charge in [0.05, 0.1) is 0 Å². The summed E-state index contributed by atoms with van der Waals surface area (Å²) >= 11 is 0. The molecule has 2 fully saturated rings. The zero-order chi connectivity index (χ0) is 16.3. The Kier molecular flexibility index (Phi) is 5.13. The molecule has 22 heavy (non-hydrogen) atoms. The van der Waals surface area contributed by atoms with Crippen molar-refractivity contribution in [1.29, 1.82) is 0 Å². The Hall–Kier alpha value is -1.53. The topological polar surface area (TPSA) is 40.6 Å². The van der Waals surface area contributed by atoms with E-state index in [1.165, 1.54) is 17.7 Å². The van der Waals surface area contributed by atoms with Gasteiger partial charge < -0.3 is 9.80 Å². The van der Waals surface area contributed by atoms with E-state index < -0.39 is 12.1 Å². The van der Waals surface area contributed by atoms with Gasteiger partial charge in [0.25, 0.3) is 0 Å². The maximum absolute atomic E-state index is 12.4. The Morgan fingerprint density at radius 1 is 1.00 bits per heavy atom. The van der Waals surface area contributed by atoms with Gasteiger partial charge >= 0.3 is 12.1 Å². The molecule has 2 amide bonds. The molecule has 7 heteroatoms. The first-order valence-electron chi connectivity index (χ1n) is 7.62. The van der Waals surface area contributed by atoms with Crippen LogP contribution in [0.25, 0.3) is 0 Å². The third kappa shape index (κ3) is 4.01. The summed E-state index contributed by atoms with van der Waals surface area (Å²) in [6.45, 7) is 2.10. The Balaban J connectivity index is 1.87. The SMILES string of the molecule is C/C(=C\C(=O)N1CCN(C(=O)C(F)(F)F)CC1)C1CCCC1. The van der Waals surface area contributed by atoms with Crippen molar-refractivity contribution in [3.8, 4) is 0 Å². The van der Waals surface area contributed by atoms with Gasteiger partial charge in [-0.15, -0.1) is 0 Å². The Bertz CT molecular complexity index is 460. The fraction of sp³-hybridized carbons (Fsp3) is 0.733. The molecular weight excluding hydrogens is 297 g/mol. The highest BCUT2D eigenvalue weighted by molar-refractivity contribution is 5.88. The van der Waals surface area contributed by atoms with Crippen LogP contribution in [0.4, 0.5) is 13.2 Å². The lowest BCUT2D eigenvalue weighted by molar-refractivity contribution is -0.187. The summed E-state index contributed by atoms with van der Waals surface area (Å²) in [6, 6.07) is 0. The summed E-state index contributed by atoms with van der Waals surface area (Å²) in [4.78, 5) is 25.6. The number of piperazine rings is 1. The highest BCUT2D eigenvalue weighted by atomic mass is 19.4. The third-order valence-electron chi connectivity index (χ3n) is 4.47. The summed E-state index contributed by atoms with van der Waals surface area (Å²) in [6.07, 6.45) is 1.33. The van der Waals surface area contributed by atoms with Crippen LogP contribution in [-0.2, 0) is 9.59 Å². The standard InChI is InChI=1S/C15H21F3N2O2/c1-11(12-4-2-3-5-12)10-13(21)19-6-8-20(9-7-19)14(22)15(16,17)18/h10,12H,2-9H2,1H3/b11-10+. The van der Waals surface area contributed by atoms with Crippen LogP contribution in [0.1, 0.15) is 32.6 Å². The highest BCUT2D eigenvalue weighted by Gasteiger charge is 2.43. The molecule has 1 heterocycles. The van der Waals surface area contributed by atoms with Crippen molar-refractivity contribution in [3.05, 3.63) is 11.6 Å². The van der Waals surface area contributed by atoms with E-state index in [-0.39, 0.29) is 32.1 Å². The van der Waals surface area contributed by atoms with Gasteiger partial charge in [0.1, 0.15) is 0 Å². The summed E-state index contributed by atoms with van der Waals surface area (Å²) in [5.74, 6) is -1.53. The van der Waals surface area contributed by atoms with Crippen LogP contribution >= 0.6 is 0 Å². The molecule has 1 saturated carbocycles. The zero-order valence-corrected chi connectivity index (χ0v) is 12.7. The summed E-state index contributed by atoms with van der Waals surface area (Å²) in [5.41, 5.74) is 1.05. The number of alkyl halides is 3. The molecule has 0 unspecified atom stereocenters. The highest BCUT2D eigenvalue weighted by Crippen LogP contribution is 2.30. The van der Waals surface area contributed by atoms with Gasteiger partial charge in [-0.3, -0.25) is 9.59 Å². The van der Waals surface area contributed by atoms with Crippen LogP contribution < -0.4 is 0 Å². The predicted octanol–water partition coefficient (Wildman–Crippen LogP) is 2.36. The van der Waals surface area contributed by atoms with Crippen LogP contribution in [0.5, 0.6) is 0 Å². The van der Waals surface area contributed by atoms with Crippen molar-refractivity contribution in [1.82, 2.24) is 9.80 Å². The molecule has 0 aromatic rings. The molecule has 0 bridgehead atoms. The van der Waals surface area contributed by atoms with Crippen LogP contribution in [0, 0.1) is 5.92 Å². The lowest BCUT2D eigenvalue weighted by Crippen LogP contribution is -2.53. The van der Waals surface area contributed by atoms with Crippen LogP contribution in [0.15, 0.2) is 11.6 Å². The minimum absolute atomic E-state index is 0.0690. The number of hydrogen-bond donors (Lipinski definition) is 0. The first kappa shape index (κ1) is 16.8. The number of carbonyl (C=O) groups excluding carboxylic acids is 2. The molecule has 0 atom stereocenters. The van der Waals surface area contributed by atoms with E-state index in [0.717, 1.165) is 23.3 Å². The van der Waals surface area contributed by atoms with Gasteiger partial charge in [-0.05, 0) is 25.7 Å². The van der Waals surface area contributed by atoms with Crippen molar-refractivity contribution >= 4 is 11.8 Å². The lowest BCUT2D eigenvalue weighted by Gasteiger charge is -2.34. The number of halogens is 3. The number of allylic oxidation sites excluding steroid dienone is 1. The largest absolute Gasteiger partial charge is 0.471 e. The van der Waals surface area contributed by atoms with Crippen LogP contribution in [-0.4, -0.2) is 54.0 Å². The summed E-state index contributed by atoms with van der Waals surface area (Å²) < 4.78 is 37.1. The predicted molar refractivity (Wildman–Crippen MR) is 74.9 cm³/mol. The van der Waals surface area contributed by atoms with Crippen molar-refractivity contribution in [2.24, 2.45) is 5.92 Å². The minimum Gasteiger partial charge on any atom is -0.336 e. The van der Waals surface area contributed by atoms with E-state index in [2.05, 4.69) is 0 Å². The van der Waals surface area contributed by atoms with Crippen LogP contribution in [0.3, 0.4) is 0 Å². The van der Waals surface area contributed by atoms with E-state index in [9.17, 15) is 22.8 Å². The van der Waals surface area contributed by atoms with Crippen molar-refractivity contribution in [3.63, 3.8) is 0 Å². The molecule has 1 aliphatic carbocycles. The van der Waals surface area contributed by atoms with Gasteiger partial charge in [-0.2, -0.15) is 13.2 Å². The maximum atomic E-state index is 12.4. The fourth-order valence-corrected chi connectivity index (χ4v) is 3.09. The van der Waals surface area contributed by atoms with E-state index in [1.807, 2.05) is 6.92 Å². The van der Waals surface area contributed by atoms with Gasteiger partial charge in [0.2, 0.25) is 5.91 Å². The quantitative estimate of drug-likeness (QED) is 0.733. The molecule has 0 aromatic carbocycles. The Morgan fingerprint density at radius 3 is 2.00 bits per heavy atom. The number of nitrogens with zero attached hydrogens (tertiary/aromatic N) is 2. The zero-order valence-electron chi connectivity index (χ0n) is 12.7. The molecule has 2 rings (SSSR count). The van der Waals surface area contributed by atoms with Gasteiger partial charge in [-0.1, -0.05) is 18.4 Å². The smallest absolute Gasteiger partial charge is 0.336 e. The lowest BCUT2D eigenvalue weighted by atomic mass is 9.98. The minimum atomic E-state index is -4.84. The number of amides is 2. The Morgan fingerprint density at radius 2 is 1.50 bits per heavy atom. The Labute approximate surface area is 127 Å². The van der Waals surface area contributed by atoms with E-state index in [0.29, 0.717) is 5.92 Å². The molecule has 0 radical (unpaired) electrons. The summed E-state index contributed by atoms with van der Waals surface area (Å²) in [7, 11) is 0. The van der Waals surface area contributed by atoms with Crippen molar-refractivity contribution < 1.29 is 22.8 Å². The van der Waals surface area contributed by atoms with E-state index in [1.54, 1.807) is 6.08 Å². The van der Waals surface area contributed by atoms with Gasteiger partial charge in [-0.25, -0.2) is 0 Å². The average molecular weight is 318 g/mol. The monoisotopic (exact) mass is 318 g/mol. The molecule has 1 saturated heterocycles. The maximum Gasteiger partial charge on any atom is 0.471 e. The van der Waals surface area contributed by atoms with Gasteiger partial charge in [0.15, 0.2) is 0 Å². The molecular formula is C15H21F3N2O2. The molecule has 1 aliphatic heterocycles. The number of carbonyl (C=O) groups is 2. The van der Waals surface area contributed by atoms with E-state index in [4.69, 9.17) is 0 Å². The molecule has 2 aliphatic rings. The molecule has 0 spiro atoms. The third-order valence-corrected chi connectivity index (χ3v) is 4.47. The van der Waals surface area contributed by atoms with Gasteiger partial charge in [0, 0.05) is 32.3 Å². The normalized spacial score (nSPS) is 21.4. The molecule has 0 aromatic heterocycles. The average Bonchev–Trinajstić information content (AvgIpc) is 3.00. The molecule has 4 nitrogen and oxygen atoms in total.